The molecule has 0 saturated carbocycles. The minimum absolute atomic E-state index is 0.125. The monoisotopic (exact) mass is 411 g/mol. The van der Waals surface area contributed by atoms with Crippen molar-refractivity contribution in [3.8, 4) is 0 Å². The number of likely N-dealkylation sites (N-methyl/N-ethyl adjacent to an activating group) is 1. The number of benzene rings is 1. The lowest BCUT2D eigenvalue weighted by molar-refractivity contribution is -0.188. The number of amides is 1. The van der Waals surface area contributed by atoms with Crippen LogP contribution in [0.3, 0.4) is 0 Å². The molecule has 0 spiro atoms. The van der Waals surface area contributed by atoms with E-state index in [1.165, 1.54) is 10.5 Å². The molecule has 4 nitrogen and oxygen atoms in total. The zero-order chi connectivity index (χ0) is 21.0. The van der Waals surface area contributed by atoms with E-state index in [1.54, 1.807) is 0 Å². The Bertz CT molecular complexity index is 667. The van der Waals surface area contributed by atoms with Crippen molar-refractivity contribution in [3.05, 3.63) is 35.9 Å². The lowest BCUT2D eigenvalue weighted by atomic mass is 9.97. The Kier molecular flexibility index (Phi) is 7.22. The van der Waals surface area contributed by atoms with Crippen LogP contribution in [0.1, 0.15) is 44.7 Å². The summed E-state index contributed by atoms with van der Waals surface area (Å²) in [5, 5.41) is 0. The third kappa shape index (κ3) is 5.51. The lowest BCUT2D eigenvalue weighted by Crippen LogP contribution is -2.50. The van der Waals surface area contributed by atoms with Crippen molar-refractivity contribution < 1.29 is 18.0 Å². The van der Waals surface area contributed by atoms with Gasteiger partial charge in [-0.2, -0.15) is 13.2 Å². The Morgan fingerprint density at radius 1 is 1.17 bits per heavy atom. The fourth-order valence-electron chi connectivity index (χ4n) is 4.60. The second-order valence-electron chi connectivity index (χ2n) is 8.31. The van der Waals surface area contributed by atoms with Crippen LogP contribution < -0.4 is 0 Å². The predicted molar refractivity (Wildman–Crippen MR) is 107 cm³/mol. The standard InChI is InChI=1S/C22H32F3N3O/c1-3-26(16-21(29)28-12-7-10-19(14-28)22(23,24)25)20-11-13-27(15-20)17(2)18-8-5-4-6-9-18/h4-6,8-9,17,19-20H,3,7,10-16H2,1-2H3. The molecule has 0 aromatic heterocycles. The Balaban J connectivity index is 1.55. The molecule has 0 bridgehead atoms. The maximum atomic E-state index is 13.1. The molecule has 2 fully saturated rings. The van der Waals surface area contributed by atoms with E-state index in [4.69, 9.17) is 0 Å². The molecular weight excluding hydrogens is 379 g/mol. The van der Waals surface area contributed by atoms with Crippen LogP contribution in [0.15, 0.2) is 30.3 Å². The number of piperidine rings is 1. The average molecular weight is 412 g/mol. The van der Waals surface area contributed by atoms with Crippen molar-refractivity contribution in [1.29, 1.82) is 0 Å². The third-order valence-electron chi connectivity index (χ3n) is 6.52. The third-order valence-corrected chi connectivity index (χ3v) is 6.52. The Hall–Kier alpha value is -1.60. The maximum absolute atomic E-state index is 13.1. The molecule has 2 saturated heterocycles. The van der Waals surface area contributed by atoms with Crippen molar-refractivity contribution >= 4 is 5.91 Å². The van der Waals surface area contributed by atoms with Crippen molar-refractivity contribution in [3.63, 3.8) is 0 Å². The number of likely N-dealkylation sites (tertiary alicyclic amines) is 2. The highest BCUT2D eigenvalue weighted by atomic mass is 19.4. The molecule has 0 radical (unpaired) electrons. The van der Waals surface area contributed by atoms with Gasteiger partial charge in [-0.1, -0.05) is 37.3 Å². The predicted octanol–water partition coefficient (Wildman–Crippen LogP) is 3.94. The summed E-state index contributed by atoms with van der Waals surface area (Å²) in [7, 11) is 0. The average Bonchev–Trinajstić information content (AvgIpc) is 3.21. The summed E-state index contributed by atoms with van der Waals surface area (Å²) in [5.74, 6) is -1.56. The smallest absolute Gasteiger partial charge is 0.341 e. The van der Waals surface area contributed by atoms with Gasteiger partial charge in [0.15, 0.2) is 0 Å². The lowest BCUT2D eigenvalue weighted by Gasteiger charge is -2.36. The van der Waals surface area contributed by atoms with Gasteiger partial charge in [0.05, 0.1) is 12.5 Å². The van der Waals surface area contributed by atoms with Gasteiger partial charge in [-0.3, -0.25) is 14.6 Å². The van der Waals surface area contributed by atoms with Gasteiger partial charge in [-0.25, -0.2) is 0 Å². The first-order chi connectivity index (χ1) is 13.8. The van der Waals surface area contributed by atoms with Crippen molar-refractivity contribution in [2.24, 2.45) is 5.92 Å². The van der Waals surface area contributed by atoms with Crippen LogP contribution in [0.4, 0.5) is 13.2 Å². The minimum Gasteiger partial charge on any atom is -0.341 e. The van der Waals surface area contributed by atoms with Crippen molar-refractivity contribution in [2.45, 2.75) is 51.4 Å². The van der Waals surface area contributed by atoms with Gasteiger partial charge in [0.2, 0.25) is 5.91 Å². The van der Waals surface area contributed by atoms with Gasteiger partial charge in [0, 0.05) is 38.3 Å². The molecule has 2 heterocycles. The number of alkyl halides is 3. The molecule has 162 valence electrons. The van der Waals surface area contributed by atoms with Crippen LogP contribution >= 0.6 is 0 Å². The van der Waals surface area contributed by atoms with Gasteiger partial charge in [0.25, 0.3) is 0 Å². The minimum atomic E-state index is -4.22. The molecule has 3 atom stereocenters. The van der Waals surface area contributed by atoms with Crippen LogP contribution in [0.2, 0.25) is 0 Å². The number of hydrogen-bond donors (Lipinski definition) is 0. The molecule has 2 aliphatic rings. The largest absolute Gasteiger partial charge is 0.393 e. The Labute approximate surface area is 171 Å². The summed E-state index contributed by atoms with van der Waals surface area (Å²) >= 11 is 0. The maximum Gasteiger partial charge on any atom is 0.393 e. The second-order valence-corrected chi connectivity index (χ2v) is 8.31. The van der Waals surface area contributed by atoms with Gasteiger partial charge in [-0.05, 0) is 38.3 Å². The van der Waals surface area contributed by atoms with Crippen molar-refractivity contribution in [2.75, 3.05) is 39.3 Å². The first-order valence-electron chi connectivity index (χ1n) is 10.7. The summed E-state index contributed by atoms with van der Waals surface area (Å²) in [6, 6.07) is 10.9. The zero-order valence-electron chi connectivity index (χ0n) is 17.4. The SMILES string of the molecule is CCN(CC(=O)N1CCCC(C(F)(F)F)C1)C1CCN(C(C)c2ccccc2)C1. The summed E-state index contributed by atoms with van der Waals surface area (Å²) in [6.07, 6.45) is -2.69. The summed E-state index contributed by atoms with van der Waals surface area (Å²) in [5.41, 5.74) is 1.28. The van der Waals surface area contributed by atoms with Gasteiger partial charge in [-0.15, -0.1) is 0 Å². The highest BCUT2D eigenvalue weighted by Crippen LogP contribution is 2.33. The van der Waals surface area contributed by atoms with E-state index in [1.807, 2.05) is 25.1 Å². The number of carbonyl (C=O) groups is 1. The Morgan fingerprint density at radius 2 is 1.90 bits per heavy atom. The quantitative estimate of drug-likeness (QED) is 0.709. The molecular formula is C22H32F3N3O. The first-order valence-corrected chi connectivity index (χ1v) is 10.7. The van der Waals surface area contributed by atoms with Crippen LogP contribution in [0, 0.1) is 5.92 Å². The van der Waals surface area contributed by atoms with Crippen LogP contribution in [-0.2, 0) is 4.79 Å². The van der Waals surface area contributed by atoms with E-state index >= 15 is 0 Å². The summed E-state index contributed by atoms with van der Waals surface area (Å²) in [4.78, 5) is 18.7. The van der Waals surface area contributed by atoms with E-state index in [0.717, 1.165) is 26.1 Å². The van der Waals surface area contributed by atoms with E-state index in [-0.39, 0.29) is 31.5 Å². The number of rotatable bonds is 6. The molecule has 0 aliphatic carbocycles. The topological polar surface area (TPSA) is 26.8 Å². The number of carbonyl (C=O) groups excluding carboxylic acids is 1. The molecule has 1 amide bonds. The Morgan fingerprint density at radius 3 is 2.55 bits per heavy atom. The molecule has 0 N–H and O–H groups in total. The number of nitrogens with zero attached hydrogens (tertiary/aromatic N) is 3. The van der Waals surface area contributed by atoms with Gasteiger partial charge < -0.3 is 4.90 Å². The number of hydrogen-bond acceptors (Lipinski definition) is 3. The van der Waals surface area contributed by atoms with Gasteiger partial charge in [0.1, 0.15) is 0 Å². The molecule has 3 unspecified atom stereocenters. The van der Waals surface area contributed by atoms with E-state index in [9.17, 15) is 18.0 Å². The van der Waals surface area contributed by atoms with Crippen LogP contribution in [0.25, 0.3) is 0 Å². The van der Waals surface area contributed by atoms with Crippen LogP contribution in [-0.4, -0.2) is 72.1 Å². The van der Waals surface area contributed by atoms with E-state index in [0.29, 0.717) is 19.0 Å². The molecule has 3 rings (SSSR count). The second kappa shape index (κ2) is 9.47. The highest BCUT2D eigenvalue weighted by molar-refractivity contribution is 5.78. The van der Waals surface area contributed by atoms with Crippen LogP contribution in [0.5, 0.6) is 0 Å². The summed E-state index contributed by atoms with van der Waals surface area (Å²) in [6.45, 7) is 7.23. The fraction of sp³-hybridized carbons (Fsp3) is 0.682. The molecule has 29 heavy (non-hydrogen) atoms. The molecule has 7 heteroatoms. The highest BCUT2D eigenvalue weighted by Gasteiger charge is 2.43. The van der Waals surface area contributed by atoms with E-state index < -0.39 is 12.1 Å². The summed E-state index contributed by atoms with van der Waals surface area (Å²) < 4.78 is 39.2. The molecule has 1 aromatic rings. The first kappa shape index (κ1) is 22.1. The molecule has 1 aromatic carbocycles. The van der Waals surface area contributed by atoms with Gasteiger partial charge >= 0.3 is 6.18 Å². The number of halogens is 3. The van der Waals surface area contributed by atoms with E-state index in [2.05, 4.69) is 28.9 Å². The normalized spacial score (nSPS) is 24.8. The zero-order valence-corrected chi connectivity index (χ0v) is 17.4. The van der Waals surface area contributed by atoms with Crippen molar-refractivity contribution in [1.82, 2.24) is 14.7 Å². The molecule has 2 aliphatic heterocycles. The fourth-order valence-corrected chi connectivity index (χ4v) is 4.60.